The van der Waals surface area contributed by atoms with Crippen LogP contribution < -0.4 is 5.32 Å². The van der Waals surface area contributed by atoms with Crippen LogP contribution in [0.5, 0.6) is 0 Å². The maximum atomic E-state index is 5.81. The van der Waals surface area contributed by atoms with Gasteiger partial charge in [0.15, 0.2) is 23.3 Å². The Hall–Kier alpha value is -13.3. The van der Waals surface area contributed by atoms with E-state index in [4.69, 9.17) is 24.9 Å². The van der Waals surface area contributed by atoms with Crippen molar-refractivity contribution >= 4 is 94.1 Å². The van der Waals surface area contributed by atoms with Crippen LogP contribution in [-0.2, 0) is 33.5 Å². The van der Waals surface area contributed by atoms with Crippen LogP contribution in [0.1, 0.15) is 186 Å². The fraction of sp³-hybridized carbons (Fsp3) is 0.230. The molecule has 18 aromatic rings. The Kier molecular flexibility index (Phi) is 19.4. The SMILES string of the molecule is CC(C)(C)C/C=C\c1cc2ccccc2n1-c1ccc(C2=NC(c3cccc(CC(C)(C)c4ccc5c(c4)c4cc(C(C)(C)C)ccc4n5-c4cc(-n5c6ccc(C(C)(C)C)cc6c6cc(C(C)(C)C)ccc65)ccc4-c4nc(-c5ccccc5)nc(-c5ccccc5)n4)c3)NC(c3ccccc3)=N2)c(-n2c3ccccc3c3cc(C(C)(C)C)ccc32)c1. The largest absolute Gasteiger partial charge is 0.344 e. The first-order chi connectivity index (χ1) is 58.8. The third-order valence-electron chi connectivity index (χ3n) is 25.1. The van der Waals surface area contributed by atoms with Crippen molar-refractivity contribution in [2.24, 2.45) is 15.4 Å². The van der Waals surface area contributed by atoms with Crippen molar-refractivity contribution < 1.29 is 0 Å². The van der Waals surface area contributed by atoms with Crippen LogP contribution in [0.4, 0.5) is 0 Å². The summed E-state index contributed by atoms with van der Waals surface area (Å²) in [5.74, 6) is 3.18. The highest BCUT2D eigenvalue weighted by Crippen LogP contribution is 2.46. The Morgan fingerprint density at radius 2 is 0.756 bits per heavy atom. The van der Waals surface area contributed by atoms with Crippen molar-refractivity contribution in [2.75, 3.05) is 0 Å². The Balaban J connectivity index is 0.761. The molecule has 1 N–H and O–H groups in total. The Morgan fingerprint density at radius 1 is 0.333 bits per heavy atom. The molecular weight excluding hydrogens is 1500 g/mol. The van der Waals surface area contributed by atoms with E-state index in [1.54, 1.807) is 0 Å². The minimum Gasteiger partial charge on any atom is -0.344 e. The number of allylic oxidation sites excluding steroid dienone is 1. The molecule has 123 heavy (non-hydrogen) atoms. The van der Waals surface area contributed by atoms with E-state index in [-0.39, 0.29) is 32.5 Å². The van der Waals surface area contributed by atoms with Gasteiger partial charge in [-0.2, -0.15) is 0 Å². The normalized spacial score (nSPS) is 14.0. The van der Waals surface area contributed by atoms with Gasteiger partial charge in [-0.15, -0.1) is 0 Å². The third kappa shape index (κ3) is 14.9. The topological polar surface area (TPSA) is 95.1 Å². The molecule has 0 amide bonds. The summed E-state index contributed by atoms with van der Waals surface area (Å²) in [6.07, 6.45) is 5.81. The molecule has 19 rings (SSSR count). The zero-order valence-corrected chi connectivity index (χ0v) is 74.0. The summed E-state index contributed by atoms with van der Waals surface area (Å²) in [7, 11) is 0. The number of hydrogen-bond acceptors (Lipinski definition) is 6. The lowest BCUT2D eigenvalue weighted by molar-refractivity contribution is 0.421. The molecule has 0 radical (unpaired) electrons. The number of amidine groups is 2. The minimum atomic E-state index is -0.503. The first-order valence-electron chi connectivity index (χ1n) is 43.6. The van der Waals surface area contributed by atoms with E-state index in [0.29, 0.717) is 23.3 Å². The minimum absolute atomic E-state index is 0.0610. The lowest BCUT2D eigenvalue weighted by Gasteiger charge is -2.28. The van der Waals surface area contributed by atoms with E-state index >= 15 is 0 Å². The average molecular weight is 1610 g/mol. The summed E-state index contributed by atoms with van der Waals surface area (Å²) < 4.78 is 9.84. The van der Waals surface area contributed by atoms with E-state index < -0.39 is 6.17 Å². The Labute approximate surface area is 723 Å². The molecule has 1 aliphatic heterocycles. The van der Waals surface area contributed by atoms with Gasteiger partial charge in [0.05, 0.1) is 50.0 Å². The second-order valence-corrected chi connectivity index (χ2v) is 39.9. The molecule has 1 atom stereocenters. The molecule has 10 nitrogen and oxygen atoms in total. The van der Waals surface area contributed by atoms with Crippen LogP contribution in [0.3, 0.4) is 0 Å². The smallest absolute Gasteiger partial charge is 0.166 e. The van der Waals surface area contributed by atoms with Crippen LogP contribution in [0.15, 0.2) is 313 Å². The standard InChI is InChI=1S/C113H108N10/c1-108(2,3)60-32-42-82-62-75-40-27-29-44-93(75)120(82)83-51-53-86(100(68-83)122-94-45-30-28-43-85(94)88-63-77(109(4,5)6)48-57-97(88)122)107-118-104(74-38-25-20-26-39-74)115-105(119-107)76-41-31-33-71(61-76)70-113(16,17)81-50-59-99-92(67-81)91-66-80(112(13,14)15)49-58-98(91)123(99)101-69-84(121-95-55-46-78(110(7,8)9)64-89(95)90-65-79(111(10,11)12)47-56-96(90)121)52-54-87(101)106-116-102(72-34-21-18-22-35-72)114-103(117-106)73-36-23-19-24-37-73/h18-59,61-69,105H,60,70H2,1-17H3,(H,115,118,119)/b42-32-. The molecule has 0 aliphatic carbocycles. The van der Waals surface area contributed by atoms with Crippen LogP contribution in [0, 0.1) is 5.41 Å². The second-order valence-electron chi connectivity index (χ2n) is 39.9. The Bertz CT molecular complexity index is 7170. The average Bonchev–Trinajstić information content (AvgIpc) is 1.58. The lowest BCUT2D eigenvalue weighted by Crippen LogP contribution is -2.34. The van der Waals surface area contributed by atoms with Crippen molar-refractivity contribution in [2.45, 2.75) is 164 Å². The molecule has 6 heterocycles. The number of para-hydroxylation sites is 2. The van der Waals surface area contributed by atoms with Gasteiger partial charge >= 0.3 is 0 Å². The predicted octanol–water partition coefficient (Wildman–Crippen LogP) is 28.8. The van der Waals surface area contributed by atoms with Gasteiger partial charge in [0.2, 0.25) is 0 Å². The first-order valence-corrected chi connectivity index (χ1v) is 43.6. The number of benzene rings is 13. The summed E-state index contributed by atoms with van der Waals surface area (Å²) in [5, 5.41) is 12.3. The van der Waals surface area contributed by atoms with E-state index in [1.165, 1.54) is 65.7 Å². The molecule has 0 spiro atoms. The molecule has 0 fully saturated rings. The highest BCUT2D eigenvalue weighted by atomic mass is 15.2. The number of aromatic nitrogens is 7. The summed E-state index contributed by atoms with van der Waals surface area (Å²) in [5.41, 5.74) is 25.6. The predicted molar refractivity (Wildman–Crippen MR) is 519 cm³/mol. The van der Waals surface area contributed by atoms with Gasteiger partial charge in [0, 0.05) is 82.6 Å². The molecule has 13 aromatic carbocycles. The summed E-state index contributed by atoms with van der Waals surface area (Å²) >= 11 is 0. The zero-order chi connectivity index (χ0) is 85.4. The van der Waals surface area contributed by atoms with Crippen LogP contribution in [-0.4, -0.2) is 44.9 Å². The lowest BCUT2D eigenvalue weighted by atomic mass is 9.78. The van der Waals surface area contributed by atoms with Gasteiger partial charge in [-0.25, -0.2) is 24.9 Å². The van der Waals surface area contributed by atoms with Gasteiger partial charge in [-0.1, -0.05) is 306 Å². The third-order valence-corrected chi connectivity index (χ3v) is 25.1. The van der Waals surface area contributed by atoms with Gasteiger partial charge < -0.3 is 23.6 Å². The van der Waals surface area contributed by atoms with Crippen molar-refractivity contribution in [3.05, 3.63) is 359 Å². The quantitative estimate of drug-likeness (QED) is 0.111. The molecule has 0 bridgehead atoms. The highest BCUT2D eigenvalue weighted by Gasteiger charge is 2.32. The van der Waals surface area contributed by atoms with Gasteiger partial charge in [0.1, 0.15) is 12.0 Å². The summed E-state index contributed by atoms with van der Waals surface area (Å²) in [4.78, 5) is 27.7. The highest BCUT2D eigenvalue weighted by molar-refractivity contribution is 6.17. The molecular formula is C113H108N10. The van der Waals surface area contributed by atoms with E-state index in [0.717, 1.165) is 125 Å². The van der Waals surface area contributed by atoms with Crippen molar-refractivity contribution in [1.29, 1.82) is 0 Å². The fourth-order valence-electron chi connectivity index (χ4n) is 18.2. The molecule has 5 aromatic heterocycles. The van der Waals surface area contributed by atoms with Crippen LogP contribution in [0.2, 0.25) is 0 Å². The van der Waals surface area contributed by atoms with E-state index in [1.807, 2.05) is 36.4 Å². The Morgan fingerprint density at radius 3 is 1.28 bits per heavy atom. The van der Waals surface area contributed by atoms with Crippen LogP contribution >= 0.6 is 0 Å². The monoisotopic (exact) mass is 1600 g/mol. The number of nitrogens with one attached hydrogen (secondary N) is 1. The number of aliphatic imine (C=N–C) groups is 2. The second kappa shape index (κ2) is 30.1. The van der Waals surface area contributed by atoms with Gasteiger partial charge in [-0.3, -0.25) is 0 Å². The van der Waals surface area contributed by atoms with Crippen molar-refractivity contribution in [3.8, 4) is 56.9 Å². The molecule has 10 heteroatoms. The maximum Gasteiger partial charge on any atom is 0.166 e. The molecule has 610 valence electrons. The van der Waals surface area contributed by atoms with Crippen molar-refractivity contribution in [1.82, 2.24) is 38.5 Å². The summed E-state index contributed by atoms with van der Waals surface area (Å²) in [6, 6.07) is 110. The number of fused-ring (bicyclic) bond motifs is 10. The number of hydrogen-bond donors (Lipinski definition) is 1. The maximum absolute atomic E-state index is 5.81. The molecule has 1 unspecified atom stereocenters. The summed E-state index contributed by atoms with van der Waals surface area (Å²) in [6.45, 7) is 39.4. The van der Waals surface area contributed by atoms with Crippen LogP contribution in [0.25, 0.3) is 139 Å². The first kappa shape index (κ1) is 79.5. The zero-order valence-electron chi connectivity index (χ0n) is 74.0. The van der Waals surface area contributed by atoms with E-state index in [9.17, 15) is 0 Å². The van der Waals surface area contributed by atoms with Crippen molar-refractivity contribution in [3.63, 3.8) is 0 Å². The molecule has 0 saturated carbocycles. The molecule has 0 saturated heterocycles. The van der Waals surface area contributed by atoms with Gasteiger partial charge in [-0.05, 0) is 206 Å². The number of rotatable bonds is 15. The van der Waals surface area contributed by atoms with E-state index in [2.05, 4.69) is 414 Å². The number of nitrogens with zero attached hydrogens (tertiary/aromatic N) is 9. The molecule has 1 aliphatic rings. The van der Waals surface area contributed by atoms with Gasteiger partial charge in [0.25, 0.3) is 0 Å². The fourth-order valence-corrected chi connectivity index (χ4v) is 18.2.